The molecule has 0 aromatic carbocycles. The van der Waals surface area contributed by atoms with Crippen LogP contribution in [0.25, 0.3) is 0 Å². The van der Waals surface area contributed by atoms with Crippen molar-refractivity contribution >= 4 is 5.78 Å². The molecule has 3 atom stereocenters. The van der Waals surface area contributed by atoms with Crippen molar-refractivity contribution in [3.05, 3.63) is 24.0 Å². The van der Waals surface area contributed by atoms with Gasteiger partial charge < -0.3 is 10.1 Å². The maximum Gasteiger partial charge on any atom is 0.138 e. The summed E-state index contributed by atoms with van der Waals surface area (Å²) in [4.78, 5) is 16.3. The molecule has 0 amide bonds. The summed E-state index contributed by atoms with van der Waals surface area (Å²) < 4.78 is 5.84. The van der Waals surface area contributed by atoms with E-state index in [9.17, 15) is 4.79 Å². The average molecular weight is 330 g/mol. The van der Waals surface area contributed by atoms with Gasteiger partial charge in [-0.25, -0.2) is 0 Å². The molecule has 1 aliphatic carbocycles. The number of hydrogen-bond donors (Lipinski definition) is 1. The molecule has 2 aliphatic rings. The third-order valence-electron chi connectivity index (χ3n) is 5.28. The standard InChI is InChI=1S/C20H30N2O2/c1-20(2,3)19(23)6-4-5-14-10-18(14)15-9-17(12-21-11-15)24-13-16-7-8-22-16/h9,11-12,14,16,18,22H,4-8,10,13H2,1-3H3/t14-,16-,18-/m0/s1. The molecule has 0 unspecified atom stereocenters. The highest BCUT2D eigenvalue weighted by atomic mass is 16.5. The molecule has 24 heavy (non-hydrogen) atoms. The lowest BCUT2D eigenvalue weighted by atomic mass is 9.87. The van der Waals surface area contributed by atoms with Gasteiger partial charge in [-0.15, -0.1) is 0 Å². The first-order chi connectivity index (χ1) is 11.4. The molecule has 1 N–H and O–H groups in total. The molecular weight excluding hydrogens is 300 g/mol. The Morgan fingerprint density at radius 3 is 2.83 bits per heavy atom. The zero-order chi connectivity index (χ0) is 17.2. The zero-order valence-corrected chi connectivity index (χ0v) is 15.2. The maximum atomic E-state index is 12.0. The number of carbonyl (C=O) groups is 1. The average Bonchev–Trinajstić information content (AvgIpc) is 3.24. The van der Waals surface area contributed by atoms with E-state index < -0.39 is 0 Å². The number of aromatic nitrogens is 1. The number of nitrogens with one attached hydrogen (secondary N) is 1. The van der Waals surface area contributed by atoms with E-state index in [1.165, 1.54) is 18.4 Å². The SMILES string of the molecule is CC(C)(C)C(=O)CCC[C@H]1C[C@@H]1c1cncc(OC[C@@H]2CCN2)c1. The van der Waals surface area contributed by atoms with Crippen LogP contribution in [0.1, 0.15) is 64.4 Å². The van der Waals surface area contributed by atoms with Gasteiger partial charge in [0.1, 0.15) is 18.1 Å². The Hall–Kier alpha value is -1.42. The van der Waals surface area contributed by atoms with Gasteiger partial charge in [0.15, 0.2) is 0 Å². The van der Waals surface area contributed by atoms with Crippen molar-refractivity contribution < 1.29 is 9.53 Å². The molecule has 132 valence electrons. The molecule has 1 aromatic rings. The van der Waals surface area contributed by atoms with Crippen LogP contribution in [0.3, 0.4) is 0 Å². The minimum Gasteiger partial charge on any atom is -0.490 e. The number of nitrogens with zero attached hydrogens (tertiary/aromatic N) is 1. The monoisotopic (exact) mass is 330 g/mol. The van der Waals surface area contributed by atoms with Crippen LogP contribution in [-0.4, -0.2) is 30.0 Å². The Morgan fingerprint density at radius 1 is 1.38 bits per heavy atom. The Balaban J connectivity index is 1.42. The third-order valence-corrected chi connectivity index (χ3v) is 5.28. The van der Waals surface area contributed by atoms with E-state index in [4.69, 9.17) is 4.74 Å². The Kier molecular flexibility index (Phi) is 5.24. The Labute approximate surface area is 145 Å². The fourth-order valence-electron chi connectivity index (χ4n) is 3.28. The number of Topliss-reactive ketones (excluding diaryl/α,β-unsaturated/α-hetero) is 1. The molecule has 1 saturated heterocycles. The number of hydrogen-bond acceptors (Lipinski definition) is 4. The first kappa shape index (κ1) is 17.4. The highest BCUT2D eigenvalue weighted by molar-refractivity contribution is 5.83. The molecule has 4 heteroatoms. The molecule has 0 radical (unpaired) electrons. The van der Waals surface area contributed by atoms with Crippen molar-refractivity contribution in [2.75, 3.05) is 13.2 Å². The second kappa shape index (κ2) is 7.22. The minimum absolute atomic E-state index is 0.201. The normalized spacial score (nSPS) is 25.9. The molecular formula is C20H30N2O2. The van der Waals surface area contributed by atoms with E-state index in [1.807, 2.05) is 33.2 Å². The quantitative estimate of drug-likeness (QED) is 0.789. The summed E-state index contributed by atoms with van der Waals surface area (Å²) in [5, 5.41) is 3.34. The van der Waals surface area contributed by atoms with Crippen LogP contribution in [0.4, 0.5) is 0 Å². The van der Waals surface area contributed by atoms with Crippen LogP contribution >= 0.6 is 0 Å². The second-order valence-electron chi connectivity index (χ2n) is 8.37. The van der Waals surface area contributed by atoms with E-state index >= 15 is 0 Å². The molecule has 0 bridgehead atoms. The van der Waals surface area contributed by atoms with Crippen LogP contribution in [0.5, 0.6) is 5.75 Å². The van der Waals surface area contributed by atoms with Crippen molar-refractivity contribution in [1.82, 2.24) is 10.3 Å². The third kappa shape index (κ3) is 4.56. The molecule has 2 fully saturated rings. The number of carbonyl (C=O) groups excluding carboxylic acids is 1. The highest BCUT2D eigenvalue weighted by Crippen LogP contribution is 2.50. The predicted octanol–water partition coefficient (Wildman–Crippen LogP) is 3.71. The van der Waals surface area contributed by atoms with Gasteiger partial charge in [0, 0.05) is 24.1 Å². The lowest BCUT2D eigenvalue weighted by molar-refractivity contribution is -0.126. The zero-order valence-electron chi connectivity index (χ0n) is 15.2. The predicted molar refractivity (Wildman–Crippen MR) is 95.3 cm³/mol. The Morgan fingerprint density at radius 2 is 2.17 bits per heavy atom. The Bertz CT molecular complexity index is 575. The lowest BCUT2D eigenvalue weighted by Gasteiger charge is -2.27. The largest absolute Gasteiger partial charge is 0.490 e. The number of ketones is 1. The molecule has 0 spiro atoms. The highest BCUT2D eigenvalue weighted by Gasteiger charge is 2.38. The molecule has 1 aromatic heterocycles. The number of pyridine rings is 1. The van der Waals surface area contributed by atoms with Gasteiger partial charge in [0.25, 0.3) is 0 Å². The van der Waals surface area contributed by atoms with Crippen LogP contribution < -0.4 is 10.1 Å². The van der Waals surface area contributed by atoms with E-state index in [1.54, 1.807) is 0 Å². The molecule has 3 rings (SSSR count). The summed E-state index contributed by atoms with van der Waals surface area (Å²) >= 11 is 0. The topological polar surface area (TPSA) is 51.2 Å². The summed E-state index contributed by atoms with van der Waals surface area (Å²) in [7, 11) is 0. The molecule has 1 saturated carbocycles. The molecule has 2 heterocycles. The van der Waals surface area contributed by atoms with Crippen LogP contribution in [0.15, 0.2) is 18.5 Å². The second-order valence-corrected chi connectivity index (χ2v) is 8.37. The molecule has 4 nitrogen and oxygen atoms in total. The van der Waals surface area contributed by atoms with Crippen molar-refractivity contribution in [1.29, 1.82) is 0 Å². The van der Waals surface area contributed by atoms with Crippen LogP contribution in [0, 0.1) is 11.3 Å². The van der Waals surface area contributed by atoms with Crippen molar-refractivity contribution in [3.63, 3.8) is 0 Å². The fraction of sp³-hybridized carbons (Fsp3) is 0.700. The van der Waals surface area contributed by atoms with Crippen molar-refractivity contribution in [2.45, 2.75) is 64.8 Å². The van der Waals surface area contributed by atoms with E-state index in [0.29, 0.717) is 30.1 Å². The van der Waals surface area contributed by atoms with Gasteiger partial charge in [0.05, 0.1) is 6.20 Å². The summed E-state index contributed by atoms with van der Waals surface area (Å²) in [5.41, 5.74) is 1.09. The van der Waals surface area contributed by atoms with E-state index in [0.717, 1.165) is 31.7 Å². The van der Waals surface area contributed by atoms with Gasteiger partial charge in [-0.3, -0.25) is 9.78 Å². The maximum absolute atomic E-state index is 12.0. The van der Waals surface area contributed by atoms with Gasteiger partial charge in [-0.2, -0.15) is 0 Å². The first-order valence-corrected chi connectivity index (χ1v) is 9.28. The van der Waals surface area contributed by atoms with Crippen molar-refractivity contribution in [2.24, 2.45) is 11.3 Å². The van der Waals surface area contributed by atoms with E-state index in [-0.39, 0.29) is 5.41 Å². The summed E-state index contributed by atoms with van der Waals surface area (Å²) in [6, 6.07) is 2.65. The molecule has 1 aliphatic heterocycles. The number of rotatable bonds is 8. The van der Waals surface area contributed by atoms with Gasteiger partial charge in [-0.1, -0.05) is 20.8 Å². The summed E-state index contributed by atoms with van der Waals surface area (Å²) in [5.74, 6) is 2.58. The van der Waals surface area contributed by atoms with Crippen molar-refractivity contribution in [3.8, 4) is 5.75 Å². The van der Waals surface area contributed by atoms with E-state index in [2.05, 4.69) is 16.4 Å². The summed E-state index contributed by atoms with van der Waals surface area (Å²) in [6.45, 7) is 7.85. The van der Waals surface area contributed by atoms with Crippen LogP contribution in [0.2, 0.25) is 0 Å². The van der Waals surface area contributed by atoms with Gasteiger partial charge in [-0.05, 0) is 55.7 Å². The smallest absolute Gasteiger partial charge is 0.138 e. The first-order valence-electron chi connectivity index (χ1n) is 9.28. The summed E-state index contributed by atoms with van der Waals surface area (Å²) in [6.07, 6.45) is 9.06. The lowest BCUT2D eigenvalue weighted by Crippen LogP contribution is -2.46. The van der Waals surface area contributed by atoms with Crippen LogP contribution in [-0.2, 0) is 4.79 Å². The number of ether oxygens (including phenoxy) is 1. The van der Waals surface area contributed by atoms with Gasteiger partial charge >= 0.3 is 0 Å². The minimum atomic E-state index is -0.201. The van der Waals surface area contributed by atoms with Gasteiger partial charge in [0.2, 0.25) is 0 Å². The fourth-order valence-corrected chi connectivity index (χ4v) is 3.28.